The van der Waals surface area contributed by atoms with E-state index in [0.29, 0.717) is 0 Å². The molecule has 0 atom stereocenters. The number of ketones is 2. The van der Waals surface area contributed by atoms with Crippen molar-refractivity contribution in [3.05, 3.63) is 0 Å². The standard InChI is InChI=1S/C8H12O4.2C4H9O.Ti/c1-4-12-8(11)7(5(2)9)6(3)10;2*1-2-3-4-5;/h7H,4H2,1-3H3;2*2-4H2,1H3;/q;2*-1;+2. The van der Waals surface area contributed by atoms with Gasteiger partial charge in [0.1, 0.15) is 0 Å². The quantitative estimate of drug-likeness (QED) is 0.229. The van der Waals surface area contributed by atoms with Gasteiger partial charge in [0.15, 0.2) is 17.5 Å². The number of unbranched alkanes of at least 4 members (excludes halogenated alkanes) is 2. The second-order valence-corrected chi connectivity index (χ2v) is 6.06. The van der Waals surface area contributed by atoms with Crippen LogP contribution in [0.3, 0.4) is 0 Å². The first kappa shape index (κ1) is 24.7. The van der Waals surface area contributed by atoms with E-state index in [1.54, 1.807) is 6.92 Å². The summed E-state index contributed by atoms with van der Waals surface area (Å²) in [6.45, 7) is 10.3. The summed E-state index contributed by atoms with van der Waals surface area (Å²) >= 11 is -0.519. The molecule has 0 heterocycles. The third-order valence-electron chi connectivity index (χ3n) is 2.65. The fourth-order valence-corrected chi connectivity index (χ4v) is 2.24. The van der Waals surface area contributed by atoms with Crippen molar-refractivity contribution >= 4 is 17.5 Å². The van der Waals surface area contributed by atoms with Gasteiger partial charge in [-0.2, -0.15) is 0 Å². The Morgan fingerprint density at radius 2 is 1.30 bits per heavy atom. The maximum atomic E-state index is 11.0. The summed E-state index contributed by atoms with van der Waals surface area (Å²) < 4.78 is 15.2. The van der Waals surface area contributed by atoms with E-state index in [1.807, 2.05) is 0 Å². The van der Waals surface area contributed by atoms with Crippen molar-refractivity contribution in [1.82, 2.24) is 0 Å². The van der Waals surface area contributed by atoms with Crippen LogP contribution in [0.25, 0.3) is 0 Å². The molecule has 7 heteroatoms. The molecule has 0 aromatic carbocycles. The molecule has 0 aromatic heterocycles. The topological polar surface area (TPSA) is 78.9 Å². The molecule has 0 aromatic rings. The molecule has 0 N–H and O–H groups in total. The normalized spacial score (nSPS) is 9.83. The van der Waals surface area contributed by atoms with Crippen LogP contribution >= 0.6 is 0 Å². The Kier molecular flexibility index (Phi) is 19.1. The minimum atomic E-state index is -1.23. The smallest absolute Gasteiger partial charge is 0.324 e. The fourth-order valence-electron chi connectivity index (χ4n) is 1.40. The van der Waals surface area contributed by atoms with Crippen LogP contribution in [0.15, 0.2) is 0 Å². The molecule has 0 bridgehead atoms. The summed E-state index contributed by atoms with van der Waals surface area (Å²) in [4.78, 5) is 32.5. The first-order chi connectivity index (χ1) is 10.9. The average molecular weight is 366 g/mol. The number of hydrogen-bond donors (Lipinski definition) is 0. The molecule has 0 radical (unpaired) electrons. The molecule has 0 spiro atoms. The molecule has 6 nitrogen and oxygen atoms in total. The van der Waals surface area contributed by atoms with Gasteiger partial charge >= 0.3 is 85.3 Å². The molecule has 0 saturated carbocycles. The van der Waals surface area contributed by atoms with Gasteiger partial charge in [0.2, 0.25) is 0 Å². The molecule has 0 saturated heterocycles. The van der Waals surface area contributed by atoms with Crippen LogP contribution in [0.1, 0.15) is 60.3 Å². The number of Topliss-reactive ketones (excluding diaryl/α,β-unsaturated/α-hetero) is 2. The molecule has 0 amide bonds. The van der Waals surface area contributed by atoms with Crippen LogP contribution in [-0.2, 0) is 45.7 Å². The second-order valence-electron chi connectivity index (χ2n) is 4.89. The number of hydrogen-bond acceptors (Lipinski definition) is 6. The van der Waals surface area contributed by atoms with E-state index < -0.39 is 43.4 Å². The minimum Gasteiger partial charge on any atom is -0.465 e. The number of carbonyl (C=O) groups is 3. The molecule has 0 fully saturated rings. The number of rotatable bonds is 12. The monoisotopic (exact) mass is 366 g/mol. The van der Waals surface area contributed by atoms with Crippen LogP contribution in [0.4, 0.5) is 0 Å². The molecule has 23 heavy (non-hydrogen) atoms. The van der Waals surface area contributed by atoms with Crippen molar-refractivity contribution in [1.29, 1.82) is 0 Å². The summed E-state index contributed by atoms with van der Waals surface area (Å²) in [5.74, 6) is -2.93. The summed E-state index contributed by atoms with van der Waals surface area (Å²) in [6.07, 6.45) is 4.75. The number of ether oxygens (including phenoxy) is 1. The number of esters is 1. The predicted molar refractivity (Wildman–Crippen MR) is 83.2 cm³/mol. The zero-order valence-electron chi connectivity index (χ0n) is 15.0. The van der Waals surface area contributed by atoms with Crippen molar-refractivity contribution in [2.75, 3.05) is 19.8 Å². The maximum absolute atomic E-state index is 11.0. The number of carbonyl (C=O) groups excluding carboxylic acids is 3. The average Bonchev–Trinajstić information content (AvgIpc) is 2.46. The largest absolute Gasteiger partial charge is 0.465 e. The van der Waals surface area contributed by atoms with E-state index in [1.165, 1.54) is 39.5 Å². The molecular weight excluding hydrogens is 336 g/mol. The molecule has 0 aliphatic heterocycles. The van der Waals surface area contributed by atoms with Gasteiger partial charge in [-0.3, -0.25) is 14.4 Å². The molecule has 134 valence electrons. The van der Waals surface area contributed by atoms with Gasteiger partial charge in [-0.25, -0.2) is 0 Å². The summed E-state index contributed by atoms with van der Waals surface area (Å²) in [7, 11) is 0. The van der Waals surface area contributed by atoms with Crippen LogP contribution in [0.2, 0.25) is 0 Å². The van der Waals surface area contributed by atoms with E-state index in [0.717, 1.165) is 13.2 Å². The van der Waals surface area contributed by atoms with Crippen molar-refractivity contribution in [2.24, 2.45) is 5.92 Å². The third kappa shape index (κ3) is 16.1. The zero-order valence-corrected chi connectivity index (χ0v) is 16.5. The van der Waals surface area contributed by atoms with Gasteiger partial charge in [-0.1, -0.05) is 0 Å². The summed E-state index contributed by atoms with van der Waals surface area (Å²) in [5, 5.41) is 0. The van der Waals surface area contributed by atoms with Gasteiger partial charge in [-0.15, -0.1) is 0 Å². The Hall–Kier alpha value is -0.556. The first-order valence-electron chi connectivity index (χ1n) is 8.08. The van der Waals surface area contributed by atoms with Crippen molar-refractivity contribution in [3.63, 3.8) is 0 Å². The van der Waals surface area contributed by atoms with Gasteiger partial charge in [-0.05, 0) is 20.8 Å². The van der Waals surface area contributed by atoms with Gasteiger partial charge in [0, 0.05) is 0 Å². The van der Waals surface area contributed by atoms with E-state index in [2.05, 4.69) is 18.6 Å². The Morgan fingerprint density at radius 3 is 1.61 bits per heavy atom. The molecule has 0 aliphatic carbocycles. The van der Waals surface area contributed by atoms with Gasteiger partial charge < -0.3 is 4.74 Å². The van der Waals surface area contributed by atoms with E-state index >= 15 is 0 Å². The second kappa shape index (κ2) is 17.8. The predicted octanol–water partition coefficient (Wildman–Crippen LogP) is 2.88. The Bertz CT molecular complexity index is 311. The van der Waals surface area contributed by atoms with E-state index in [-0.39, 0.29) is 6.61 Å². The zero-order chi connectivity index (χ0) is 18.1. The van der Waals surface area contributed by atoms with E-state index in [9.17, 15) is 14.4 Å². The Labute approximate surface area is 149 Å². The first-order valence-corrected chi connectivity index (χ1v) is 9.35. The van der Waals surface area contributed by atoms with Crippen molar-refractivity contribution in [2.45, 2.75) is 60.3 Å². The molecule has 0 unspecified atom stereocenters. The minimum absolute atomic E-state index is 0.176. The summed E-state index contributed by atoms with van der Waals surface area (Å²) in [5.41, 5.74) is 0. The maximum Gasteiger partial charge on any atom is 0.324 e. The Morgan fingerprint density at radius 1 is 0.870 bits per heavy atom. The molecule has 0 aliphatic rings. The fraction of sp³-hybridized carbons (Fsp3) is 0.812. The van der Waals surface area contributed by atoms with Gasteiger partial charge in [0.05, 0.1) is 6.61 Å². The van der Waals surface area contributed by atoms with E-state index in [4.69, 9.17) is 6.64 Å². The van der Waals surface area contributed by atoms with Crippen LogP contribution in [0, 0.1) is 5.92 Å². The summed E-state index contributed by atoms with van der Waals surface area (Å²) in [6, 6.07) is 0. The van der Waals surface area contributed by atoms with Crippen LogP contribution in [0.5, 0.6) is 0 Å². The molecular formula is C16H30O6Ti. The molecule has 0 rings (SSSR count). The van der Waals surface area contributed by atoms with Gasteiger partial charge in [0.25, 0.3) is 0 Å². The van der Waals surface area contributed by atoms with Crippen molar-refractivity contribution < 1.29 is 45.7 Å². The Balaban J connectivity index is 0. The third-order valence-corrected chi connectivity index (χ3v) is 3.66. The van der Waals surface area contributed by atoms with Crippen LogP contribution < -0.4 is 0 Å². The van der Waals surface area contributed by atoms with Crippen molar-refractivity contribution in [3.8, 4) is 0 Å². The van der Waals surface area contributed by atoms with Crippen LogP contribution in [-0.4, -0.2) is 37.4 Å². The SMILES string of the molecule is CCCC[O][Ti][O]CCCC.CCOC(=O)C(C(C)=O)C(C)=O.